The minimum Gasteiger partial charge on any atom is -0.330 e. The van der Waals surface area contributed by atoms with E-state index in [1.807, 2.05) is 23.0 Å². The number of aryl methyl sites for hydroxylation is 1. The minimum atomic E-state index is -0.0888. The molecule has 1 aromatic heterocycles. The Bertz CT molecular complexity index is 558. The Balaban J connectivity index is 2.41. The van der Waals surface area contributed by atoms with E-state index < -0.39 is 0 Å². The maximum Gasteiger partial charge on any atom is 0.0697 e. The number of hydrogen-bond donors (Lipinski definition) is 1. The molecule has 0 fully saturated rings. The molecule has 2 rings (SSSR count). The van der Waals surface area contributed by atoms with Crippen LogP contribution >= 0.6 is 15.9 Å². The molecule has 0 atom stereocenters. The van der Waals surface area contributed by atoms with Crippen molar-refractivity contribution in [3.8, 4) is 5.69 Å². The second-order valence-corrected chi connectivity index (χ2v) is 6.08. The van der Waals surface area contributed by atoms with Crippen LogP contribution in [0.25, 0.3) is 5.69 Å². The standard InChI is InChI=1S/C14H18BrN3/c1-10-8-11(15)4-5-12(10)18-7-6-13(17-18)14(2,3)9-16/h4-8H,9,16H2,1-3H3. The lowest BCUT2D eigenvalue weighted by molar-refractivity contribution is 0.515. The van der Waals surface area contributed by atoms with E-state index >= 15 is 0 Å². The molecule has 18 heavy (non-hydrogen) atoms. The van der Waals surface area contributed by atoms with Crippen molar-refractivity contribution < 1.29 is 0 Å². The van der Waals surface area contributed by atoms with Crippen LogP contribution in [0.5, 0.6) is 0 Å². The summed E-state index contributed by atoms with van der Waals surface area (Å²) < 4.78 is 2.99. The summed E-state index contributed by atoms with van der Waals surface area (Å²) in [5.41, 5.74) is 8.99. The lowest BCUT2D eigenvalue weighted by Crippen LogP contribution is -2.28. The van der Waals surface area contributed by atoms with Gasteiger partial charge in [-0.1, -0.05) is 29.8 Å². The molecule has 0 aliphatic rings. The van der Waals surface area contributed by atoms with Gasteiger partial charge in [-0.2, -0.15) is 5.10 Å². The highest BCUT2D eigenvalue weighted by Crippen LogP contribution is 2.23. The van der Waals surface area contributed by atoms with Crippen molar-refractivity contribution in [3.63, 3.8) is 0 Å². The number of benzene rings is 1. The van der Waals surface area contributed by atoms with Gasteiger partial charge in [-0.3, -0.25) is 0 Å². The summed E-state index contributed by atoms with van der Waals surface area (Å²) in [5.74, 6) is 0. The molecule has 2 N–H and O–H groups in total. The first-order valence-electron chi connectivity index (χ1n) is 5.97. The molecule has 0 aliphatic heterocycles. The van der Waals surface area contributed by atoms with E-state index in [4.69, 9.17) is 5.73 Å². The van der Waals surface area contributed by atoms with E-state index in [9.17, 15) is 0 Å². The van der Waals surface area contributed by atoms with Gasteiger partial charge in [0.15, 0.2) is 0 Å². The van der Waals surface area contributed by atoms with Gasteiger partial charge in [0, 0.05) is 22.6 Å². The molecule has 3 nitrogen and oxygen atoms in total. The third-order valence-corrected chi connectivity index (χ3v) is 3.69. The summed E-state index contributed by atoms with van der Waals surface area (Å²) in [6.45, 7) is 6.88. The predicted octanol–water partition coefficient (Wildman–Crippen LogP) is 3.18. The van der Waals surface area contributed by atoms with Crippen LogP contribution in [-0.2, 0) is 5.41 Å². The Morgan fingerprint density at radius 3 is 2.67 bits per heavy atom. The molecule has 0 bridgehead atoms. The van der Waals surface area contributed by atoms with E-state index in [0.29, 0.717) is 6.54 Å². The maximum atomic E-state index is 5.78. The highest BCUT2D eigenvalue weighted by molar-refractivity contribution is 9.10. The quantitative estimate of drug-likeness (QED) is 0.946. The summed E-state index contributed by atoms with van der Waals surface area (Å²) in [6, 6.07) is 8.21. The molecule has 0 saturated carbocycles. The zero-order valence-electron chi connectivity index (χ0n) is 10.9. The van der Waals surface area contributed by atoms with Gasteiger partial charge >= 0.3 is 0 Å². The summed E-state index contributed by atoms with van der Waals surface area (Å²) in [5, 5.41) is 4.63. The SMILES string of the molecule is Cc1cc(Br)ccc1-n1ccc(C(C)(C)CN)n1. The lowest BCUT2D eigenvalue weighted by atomic mass is 9.90. The molecular formula is C14H18BrN3. The Morgan fingerprint density at radius 2 is 2.06 bits per heavy atom. The van der Waals surface area contributed by atoms with Crippen molar-refractivity contribution in [3.05, 3.63) is 46.2 Å². The third-order valence-electron chi connectivity index (χ3n) is 3.20. The molecule has 0 spiro atoms. The zero-order chi connectivity index (χ0) is 13.3. The summed E-state index contributed by atoms with van der Waals surface area (Å²) in [6.07, 6.45) is 1.99. The number of rotatable bonds is 3. The zero-order valence-corrected chi connectivity index (χ0v) is 12.5. The summed E-state index contributed by atoms with van der Waals surface area (Å²) in [4.78, 5) is 0. The smallest absolute Gasteiger partial charge is 0.0697 e. The van der Waals surface area contributed by atoms with Crippen LogP contribution < -0.4 is 5.73 Å². The van der Waals surface area contributed by atoms with Crippen LogP contribution in [0.3, 0.4) is 0 Å². The van der Waals surface area contributed by atoms with Crippen molar-refractivity contribution in [2.24, 2.45) is 5.73 Å². The van der Waals surface area contributed by atoms with Gasteiger partial charge in [-0.05, 0) is 36.8 Å². The monoisotopic (exact) mass is 307 g/mol. The van der Waals surface area contributed by atoms with Crippen LogP contribution in [0.15, 0.2) is 34.9 Å². The van der Waals surface area contributed by atoms with Crippen molar-refractivity contribution >= 4 is 15.9 Å². The Morgan fingerprint density at radius 1 is 1.33 bits per heavy atom. The second-order valence-electron chi connectivity index (χ2n) is 5.16. The number of aromatic nitrogens is 2. The van der Waals surface area contributed by atoms with Gasteiger partial charge in [-0.15, -0.1) is 0 Å². The predicted molar refractivity (Wildman–Crippen MR) is 78.1 cm³/mol. The van der Waals surface area contributed by atoms with Crippen molar-refractivity contribution in [1.82, 2.24) is 9.78 Å². The second kappa shape index (κ2) is 4.86. The number of nitrogens with two attached hydrogens (primary N) is 1. The van der Waals surface area contributed by atoms with Gasteiger partial charge in [0.2, 0.25) is 0 Å². The van der Waals surface area contributed by atoms with Gasteiger partial charge < -0.3 is 5.73 Å². The van der Waals surface area contributed by atoms with Gasteiger partial charge in [0.1, 0.15) is 0 Å². The lowest BCUT2D eigenvalue weighted by Gasteiger charge is -2.19. The fraction of sp³-hybridized carbons (Fsp3) is 0.357. The topological polar surface area (TPSA) is 43.8 Å². The minimum absolute atomic E-state index is 0.0888. The first-order valence-corrected chi connectivity index (χ1v) is 6.76. The van der Waals surface area contributed by atoms with Crippen molar-refractivity contribution in [1.29, 1.82) is 0 Å². The molecule has 96 valence electrons. The fourth-order valence-electron chi connectivity index (χ4n) is 1.80. The molecule has 1 heterocycles. The van der Waals surface area contributed by atoms with Crippen molar-refractivity contribution in [2.75, 3.05) is 6.54 Å². The van der Waals surface area contributed by atoms with E-state index in [1.54, 1.807) is 0 Å². The molecule has 0 aliphatic carbocycles. The normalized spacial score (nSPS) is 11.8. The number of nitrogens with zero attached hydrogens (tertiary/aromatic N) is 2. The van der Waals surface area contributed by atoms with Crippen LogP contribution in [-0.4, -0.2) is 16.3 Å². The van der Waals surface area contributed by atoms with Crippen molar-refractivity contribution in [2.45, 2.75) is 26.2 Å². The Hall–Kier alpha value is -1.13. The van der Waals surface area contributed by atoms with E-state index in [2.05, 4.69) is 53.9 Å². The van der Waals surface area contributed by atoms with Crippen LogP contribution in [0.1, 0.15) is 25.1 Å². The summed E-state index contributed by atoms with van der Waals surface area (Å²) >= 11 is 3.47. The first-order chi connectivity index (χ1) is 8.44. The summed E-state index contributed by atoms with van der Waals surface area (Å²) in [7, 11) is 0. The number of hydrogen-bond acceptors (Lipinski definition) is 2. The highest BCUT2D eigenvalue weighted by atomic mass is 79.9. The maximum absolute atomic E-state index is 5.78. The molecule has 2 aromatic rings. The fourth-order valence-corrected chi connectivity index (χ4v) is 2.28. The van der Waals surface area contributed by atoms with E-state index in [-0.39, 0.29) is 5.41 Å². The average Bonchev–Trinajstić information content (AvgIpc) is 2.79. The number of halogens is 1. The molecule has 4 heteroatoms. The average molecular weight is 308 g/mol. The van der Waals surface area contributed by atoms with Crippen LogP contribution in [0.4, 0.5) is 0 Å². The highest BCUT2D eigenvalue weighted by Gasteiger charge is 2.21. The molecular weight excluding hydrogens is 290 g/mol. The van der Waals surface area contributed by atoms with Gasteiger partial charge in [0.25, 0.3) is 0 Å². The molecule has 1 aromatic carbocycles. The molecule has 0 unspecified atom stereocenters. The van der Waals surface area contributed by atoms with Gasteiger partial charge in [-0.25, -0.2) is 4.68 Å². The molecule has 0 radical (unpaired) electrons. The molecule has 0 amide bonds. The van der Waals surface area contributed by atoms with Gasteiger partial charge in [0.05, 0.1) is 11.4 Å². The Labute approximate surface area is 116 Å². The Kier molecular flexibility index (Phi) is 3.59. The van der Waals surface area contributed by atoms with Crippen LogP contribution in [0.2, 0.25) is 0 Å². The first kappa shape index (κ1) is 13.3. The third kappa shape index (κ3) is 2.49. The van der Waals surface area contributed by atoms with E-state index in [0.717, 1.165) is 15.9 Å². The largest absolute Gasteiger partial charge is 0.330 e. The van der Waals surface area contributed by atoms with Crippen LogP contribution in [0, 0.1) is 6.92 Å². The molecule has 0 saturated heterocycles. The van der Waals surface area contributed by atoms with E-state index in [1.165, 1.54) is 5.56 Å².